The van der Waals surface area contributed by atoms with E-state index in [0.717, 1.165) is 5.56 Å². The van der Waals surface area contributed by atoms with Crippen LogP contribution in [0.25, 0.3) is 0 Å². The van der Waals surface area contributed by atoms with Crippen LogP contribution in [-0.2, 0) is 5.41 Å². The van der Waals surface area contributed by atoms with Gasteiger partial charge in [-0.15, -0.1) is 0 Å². The Kier molecular flexibility index (Phi) is 6.08. The van der Waals surface area contributed by atoms with Gasteiger partial charge < -0.3 is 10.1 Å². The molecule has 1 N–H and O–H groups in total. The third-order valence-corrected chi connectivity index (χ3v) is 3.82. The van der Waals surface area contributed by atoms with Crippen LogP contribution >= 0.6 is 0 Å². The van der Waals surface area contributed by atoms with E-state index in [-0.39, 0.29) is 17.1 Å². The largest absolute Gasteiger partial charge is 0.483 e. The molecular formula is C19H22F3N3O2. The standard InChI is InChI=1S/C19H22F3N3O2/c1-12(16-6-5-15(10-24-16)27-11-19(20,21)22)25-17(26)13-7-14(9-23-8-13)18(2,3)4/h5-10,12H,11H2,1-4H3,(H,25,26). The molecule has 0 saturated carbocycles. The number of nitrogens with one attached hydrogen (secondary N) is 1. The third kappa shape index (κ3) is 6.23. The average molecular weight is 381 g/mol. The zero-order valence-electron chi connectivity index (χ0n) is 15.6. The van der Waals surface area contributed by atoms with Crippen molar-refractivity contribution in [2.75, 3.05) is 6.61 Å². The molecule has 0 aliphatic rings. The quantitative estimate of drug-likeness (QED) is 0.843. The number of halogens is 3. The van der Waals surface area contributed by atoms with E-state index >= 15 is 0 Å². The van der Waals surface area contributed by atoms with Gasteiger partial charge in [0.15, 0.2) is 6.61 Å². The third-order valence-electron chi connectivity index (χ3n) is 3.82. The molecule has 0 spiro atoms. The topological polar surface area (TPSA) is 64.1 Å². The van der Waals surface area contributed by atoms with E-state index < -0.39 is 18.8 Å². The van der Waals surface area contributed by atoms with E-state index in [0.29, 0.717) is 11.3 Å². The number of nitrogens with zero attached hydrogens (tertiary/aromatic N) is 2. The van der Waals surface area contributed by atoms with Crippen molar-refractivity contribution < 1.29 is 22.7 Å². The molecule has 1 amide bonds. The number of carbonyl (C=O) groups excluding carboxylic acids is 1. The predicted octanol–water partition coefficient (Wildman–Crippen LogP) is 4.21. The van der Waals surface area contributed by atoms with Crippen molar-refractivity contribution in [2.45, 2.75) is 45.3 Å². The molecule has 1 unspecified atom stereocenters. The van der Waals surface area contributed by atoms with Crippen LogP contribution in [0.4, 0.5) is 13.2 Å². The molecule has 0 aromatic carbocycles. The zero-order valence-corrected chi connectivity index (χ0v) is 15.6. The molecule has 8 heteroatoms. The number of aromatic nitrogens is 2. The Morgan fingerprint density at radius 3 is 2.44 bits per heavy atom. The van der Waals surface area contributed by atoms with Crippen LogP contribution in [0, 0.1) is 0 Å². The predicted molar refractivity (Wildman–Crippen MR) is 94.6 cm³/mol. The van der Waals surface area contributed by atoms with Gasteiger partial charge in [-0.3, -0.25) is 14.8 Å². The number of hydrogen-bond acceptors (Lipinski definition) is 4. The normalized spacial score (nSPS) is 13.1. The van der Waals surface area contributed by atoms with Crippen LogP contribution in [0.5, 0.6) is 5.75 Å². The molecule has 0 saturated heterocycles. The molecule has 2 aromatic heterocycles. The van der Waals surface area contributed by atoms with Gasteiger partial charge in [0.1, 0.15) is 5.75 Å². The van der Waals surface area contributed by atoms with E-state index in [1.807, 2.05) is 20.8 Å². The molecule has 0 aliphatic heterocycles. The minimum Gasteiger partial charge on any atom is -0.483 e. The summed E-state index contributed by atoms with van der Waals surface area (Å²) in [5.41, 5.74) is 1.73. The summed E-state index contributed by atoms with van der Waals surface area (Å²) in [6.07, 6.45) is 0.00130. The Balaban J connectivity index is 2.02. The van der Waals surface area contributed by atoms with Crippen molar-refractivity contribution in [1.82, 2.24) is 15.3 Å². The number of pyridine rings is 2. The molecule has 0 fully saturated rings. The van der Waals surface area contributed by atoms with Crippen molar-refractivity contribution in [3.05, 3.63) is 53.6 Å². The zero-order chi connectivity index (χ0) is 20.2. The Bertz CT molecular complexity index is 784. The summed E-state index contributed by atoms with van der Waals surface area (Å²) in [5, 5.41) is 2.80. The maximum absolute atomic E-state index is 12.5. The van der Waals surface area contributed by atoms with Gasteiger partial charge in [0, 0.05) is 12.4 Å². The summed E-state index contributed by atoms with van der Waals surface area (Å²) in [4.78, 5) is 20.6. The van der Waals surface area contributed by atoms with Gasteiger partial charge in [0.25, 0.3) is 5.91 Å². The lowest BCUT2D eigenvalue weighted by Gasteiger charge is -2.19. The van der Waals surface area contributed by atoms with E-state index in [2.05, 4.69) is 20.0 Å². The van der Waals surface area contributed by atoms with Crippen molar-refractivity contribution >= 4 is 5.91 Å². The molecule has 5 nitrogen and oxygen atoms in total. The minimum absolute atomic E-state index is 0.0108. The lowest BCUT2D eigenvalue weighted by Crippen LogP contribution is -2.28. The first-order chi connectivity index (χ1) is 12.5. The molecule has 1 atom stereocenters. The van der Waals surface area contributed by atoms with Crippen LogP contribution in [-0.4, -0.2) is 28.7 Å². The van der Waals surface area contributed by atoms with Crippen LogP contribution in [0.1, 0.15) is 55.4 Å². The van der Waals surface area contributed by atoms with Crippen LogP contribution in [0.2, 0.25) is 0 Å². The van der Waals surface area contributed by atoms with Gasteiger partial charge >= 0.3 is 6.18 Å². The first-order valence-electron chi connectivity index (χ1n) is 8.37. The number of alkyl halides is 3. The second kappa shape index (κ2) is 7.94. The molecule has 0 bridgehead atoms. The molecule has 2 aromatic rings. The summed E-state index contributed by atoms with van der Waals surface area (Å²) in [6, 6.07) is 4.25. The Morgan fingerprint density at radius 1 is 1.19 bits per heavy atom. The van der Waals surface area contributed by atoms with Crippen molar-refractivity contribution in [3.63, 3.8) is 0 Å². The fraction of sp³-hybridized carbons (Fsp3) is 0.421. The van der Waals surface area contributed by atoms with Crippen molar-refractivity contribution in [3.8, 4) is 5.75 Å². The molecule has 2 heterocycles. The molecule has 2 rings (SSSR count). The van der Waals surface area contributed by atoms with Gasteiger partial charge in [-0.05, 0) is 36.1 Å². The van der Waals surface area contributed by atoms with E-state index in [1.165, 1.54) is 24.5 Å². The van der Waals surface area contributed by atoms with Crippen LogP contribution in [0.15, 0.2) is 36.8 Å². The highest BCUT2D eigenvalue weighted by Crippen LogP contribution is 2.22. The summed E-state index contributed by atoms with van der Waals surface area (Å²) in [6.45, 7) is 6.44. The summed E-state index contributed by atoms with van der Waals surface area (Å²) in [7, 11) is 0. The summed E-state index contributed by atoms with van der Waals surface area (Å²) < 4.78 is 41.1. The van der Waals surface area contributed by atoms with Crippen molar-refractivity contribution in [2.24, 2.45) is 0 Å². The SMILES string of the molecule is CC(NC(=O)c1cncc(C(C)(C)C)c1)c1ccc(OCC(F)(F)F)cn1. The van der Waals surface area contributed by atoms with Gasteiger partial charge in [-0.1, -0.05) is 20.8 Å². The average Bonchev–Trinajstić information content (AvgIpc) is 2.59. The van der Waals surface area contributed by atoms with E-state index in [4.69, 9.17) is 0 Å². The maximum Gasteiger partial charge on any atom is 0.422 e. The van der Waals surface area contributed by atoms with E-state index in [9.17, 15) is 18.0 Å². The Labute approximate surface area is 156 Å². The highest BCUT2D eigenvalue weighted by Gasteiger charge is 2.28. The monoisotopic (exact) mass is 381 g/mol. The second-order valence-electron chi connectivity index (χ2n) is 7.23. The Hall–Kier alpha value is -2.64. The number of carbonyl (C=O) groups is 1. The lowest BCUT2D eigenvalue weighted by atomic mass is 9.87. The Morgan fingerprint density at radius 2 is 1.89 bits per heavy atom. The lowest BCUT2D eigenvalue weighted by molar-refractivity contribution is -0.153. The highest BCUT2D eigenvalue weighted by atomic mass is 19.4. The van der Waals surface area contributed by atoms with Gasteiger partial charge in [0.05, 0.1) is 23.5 Å². The summed E-state index contributed by atoms with van der Waals surface area (Å²) in [5.74, 6) is -0.294. The fourth-order valence-electron chi connectivity index (χ4n) is 2.23. The number of hydrogen-bond donors (Lipinski definition) is 1. The number of ether oxygens (including phenoxy) is 1. The first-order valence-corrected chi connectivity index (χ1v) is 8.37. The second-order valence-corrected chi connectivity index (χ2v) is 7.23. The van der Waals surface area contributed by atoms with Gasteiger partial charge in [0.2, 0.25) is 0 Å². The smallest absolute Gasteiger partial charge is 0.422 e. The fourth-order valence-corrected chi connectivity index (χ4v) is 2.23. The molecule has 0 aliphatic carbocycles. The number of amides is 1. The molecule has 0 radical (unpaired) electrons. The van der Waals surface area contributed by atoms with Gasteiger partial charge in [-0.2, -0.15) is 13.2 Å². The minimum atomic E-state index is -4.41. The highest BCUT2D eigenvalue weighted by molar-refractivity contribution is 5.94. The summed E-state index contributed by atoms with van der Waals surface area (Å²) >= 11 is 0. The van der Waals surface area contributed by atoms with E-state index in [1.54, 1.807) is 19.2 Å². The van der Waals surface area contributed by atoms with Gasteiger partial charge in [-0.25, -0.2) is 0 Å². The van der Waals surface area contributed by atoms with Crippen LogP contribution in [0.3, 0.4) is 0 Å². The van der Waals surface area contributed by atoms with Crippen LogP contribution < -0.4 is 10.1 Å². The molecular weight excluding hydrogens is 359 g/mol. The number of rotatable bonds is 5. The maximum atomic E-state index is 12.5. The first kappa shape index (κ1) is 20.7. The van der Waals surface area contributed by atoms with Crippen molar-refractivity contribution in [1.29, 1.82) is 0 Å². The molecule has 27 heavy (non-hydrogen) atoms. The molecule has 146 valence electrons.